The van der Waals surface area contributed by atoms with Crippen molar-refractivity contribution >= 4 is 21.9 Å². The Kier molecular flexibility index (Phi) is 9.03. The Morgan fingerprint density at radius 1 is 1.35 bits per heavy atom. The summed E-state index contributed by atoms with van der Waals surface area (Å²) in [6, 6.07) is 9.76. The van der Waals surface area contributed by atoms with Gasteiger partial charge in [-0.05, 0) is 31.0 Å². The average molecular weight is 381 g/mol. The Morgan fingerprint density at radius 3 is 2.74 bits per heavy atom. The van der Waals surface area contributed by atoms with Crippen molar-refractivity contribution in [3.8, 4) is 6.07 Å². The number of nitrogens with zero attached hydrogens (tertiary/aromatic N) is 1. The molecule has 1 aromatic rings. The van der Waals surface area contributed by atoms with Gasteiger partial charge in [0.1, 0.15) is 12.7 Å². The number of carbonyl (C=O) groups excluding carboxylic acids is 1. The maximum absolute atomic E-state index is 12.0. The van der Waals surface area contributed by atoms with Gasteiger partial charge in [0.25, 0.3) is 0 Å². The number of carbonyl (C=O) groups is 1. The van der Waals surface area contributed by atoms with Gasteiger partial charge >= 0.3 is 5.97 Å². The number of benzene rings is 1. The first kappa shape index (κ1) is 19.2. The molecule has 0 saturated carbocycles. The summed E-state index contributed by atoms with van der Waals surface area (Å²) in [5.74, 6) is -0.620. The summed E-state index contributed by atoms with van der Waals surface area (Å²) in [5.41, 5.74) is 1.64. The first-order chi connectivity index (χ1) is 11.1. The number of rotatable bonds is 9. The zero-order chi connectivity index (χ0) is 17.1. The van der Waals surface area contributed by atoms with Gasteiger partial charge in [-0.2, -0.15) is 5.26 Å². The van der Waals surface area contributed by atoms with E-state index >= 15 is 0 Å². The highest BCUT2D eigenvalue weighted by molar-refractivity contribution is 9.10. The molecule has 0 saturated heterocycles. The van der Waals surface area contributed by atoms with E-state index in [1.165, 1.54) is 0 Å². The van der Waals surface area contributed by atoms with E-state index in [9.17, 15) is 10.1 Å². The van der Waals surface area contributed by atoms with Crippen LogP contribution in [0.2, 0.25) is 0 Å². The molecule has 0 bridgehead atoms. The summed E-state index contributed by atoms with van der Waals surface area (Å²) in [5, 5.41) is 12.4. The van der Waals surface area contributed by atoms with Gasteiger partial charge in [-0.1, -0.05) is 35.0 Å². The smallest absolute Gasteiger partial charge is 0.350 e. The highest BCUT2D eigenvalue weighted by Gasteiger charge is 2.16. The van der Waals surface area contributed by atoms with Crippen molar-refractivity contribution < 1.29 is 14.3 Å². The summed E-state index contributed by atoms with van der Waals surface area (Å²) >= 11 is 3.42. The van der Waals surface area contributed by atoms with Crippen LogP contribution in [-0.2, 0) is 20.8 Å². The van der Waals surface area contributed by atoms with Gasteiger partial charge in [-0.15, -0.1) is 0 Å². The van der Waals surface area contributed by atoms with Crippen molar-refractivity contribution in [3.05, 3.63) is 45.6 Å². The number of nitrogens with one attached hydrogen (secondary N) is 1. The largest absolute Gasteiger partial charge is 0.459 e. The maximum Gasteiger partial charge on any atom is 0.350 e. The topological polar surface area (TPSA) is 71.3 Å². The van der Waals surface area contributed by atoms with Crippen molar-refractivity contribution in [3.63, 3.8) is 0 Å². The van der Waals surface area contributed by atoms with Gasteiger partial charge < -0.3 is 14.8 Å². The average Bonchev–Trinajstić information content (AvgIpc) is 2.55. The minimum atomic E-state index is -0.620. The van der Waals surface area contributed by atoms with E-state index in [-0.39, 0.29) is 12.2 Å². The molecule has 0 aliphatic rings. The van der Waals surface area contributed by atoms with Gasteiger partial charge in [0, 0.05) is 23.3 Å². The molecule has 0 aliphatic heterocycles. The molecule has 0 unspecified atom stereocenters. The lowest BCUT2D eigenvalue weighted by molar-refractivity contribution is -0.140. The van der Waals surface area contributed by atoms with Crippen molar-refractivity contribution in [1.29, 1.82) is 5.26 Å². The van der Waals surface area contributed by atoms with Gasteiger partial charge in [-0.25, -0.2) is 4.79 Å². The number of allylic oxidation sites excluding steroid dienone is 1. The fourth-order valence-electron chi connectivity index (χ4n) is 1.89. The van der Waals surface area contributed by atoms with Crippen LogP contribution in [0.15, 0.2) is 40.0 Å². The van der Waals surface area contributed by atoms with Crippen LogP contribution >= 0.6 is 15.9 Å². The van der Waals surface area contributed by atoms with Crippen molar-refractivity contribution in [2.45, 2.75) is 26.8 Å². The van der Waals surface area contributed by atoms with Crippen LogP contribution in [0, 0.1) is 11.3 Å². The fourth-order valence-corrected chi connectivity index (χ4v) is 2.34. The highest BCUT2D eigenvalue weighted by Crippen LogP contribution is 2.13. The van der Waals surface area contributed by atoms with Gasteiger partial charge in [0.05, 0.1) is 6.61 Å². The fraction of sp³-hybridized carbons (Fsp3) is 0.412. The zero-order valence-electron chi connectivity index (χ0n) is 13.4. The molecule has 1 rings (SSSR count). The molecular weight excluding hydrogens is 360 g/mol. The predicted molar refractivity (Wildman–Crippen MR) is 91.4 cm³/mol. The number of hydrogen-bond donors (Lipinski definition) is 1. The molecule has 1 aromatic carbocycles. The SMILES string of the molecule is CCOCCOC(=O)/C(C#N)=C(/CC)NCc1cccc(Br)c1. The van der Waals surface area contributed by atoms with Crippen LogP contribution in [0.25, 0.3) is 0 Å². The van der Waals surface area contributed by atoms with Gasteiger partial charge in [0.15, 0.2) is 5.57 Å². The summed E-state index contributed by atoms with van der Waals surface area (Å²) < 4.78 is 11.1. The molecule has 1 N–H and O–H groups in total. The molecule has 0 spiro atoms. The second-order valence-electron chi connectivity index (χ2n) is 4.64. The first-order valence-corrected chi connectivity index (χ1v) is 8.28. The van der Waals surface area contributed by atoms with E-state index in [1.807, 2.05) is 44.2 Å². The summed E-state index contributed by atoms with van der Waals surface area (Å²) in [4.78, 5) is 12.0. The predicted octanol–water partition coefficient (Wildman–Crippen LogP) is 3.31. The first-order valence-electron chi connectivity index (χ1n) is 7.48. The number of nitriles is 1. The minimum absolute atomic E-state index is 0.0130. The molecule has 6 heteroatoms. The van der Waals surface area contributed by atoms with E-state index < -0.39 is 5.97 Å². The monoisotopic (exact) mass is 380 g/mol. The Balaban J connectivity index is 2.70. The molecule has 5 nitrogen and oxygen atoms in total. The minimum Gasteiger partial charge on any atom is -0.459 e. The lowest BCUT2D eigenvalue weighted by Gasteiger charge is -2.12. The molecule has 124 valence electrons. The molecule has 0 radical (unpaired) electrons. The van der Waals surface area contributed by atoms with Gasteiger partial charge in [-0.3, -0.25) is 0 Å². The Bertz CT molecular complexity index is 594. The van der Waals surface area contributed by atoms with Crippen LogP contribution in [0.4, 0.5) is 0 Å². The number of esters is 1. The lowest BCUT2D eigenvalue weighted by atomic mass is 10.1. The summed E-state index contributed by atoms with van der Waals surface area (Å²) in [6.45, 7) is 5.30. The number of ether oxygens (including phenoxy) is 2. The van der Waals surface area contributed by atoms with E-state index in [4.69, 9.17) is 9.47 Å². The van der Waals surface area contributed by atoms with Crippen LogP contribution in [-0.4, -0.2) is 25.8 Å². The molecule has 0 aliphatic carbocycles. The maximum atomic E-state index is 12.0. The molecule has 0 atom stereocenters. The normalized spacial score (nSPS) is 11.4. The summed E-state index contributed by atoms with van der Waals surface area (Å²) in [7, 11) is 0. The third-order valence-corrected chi connectivity index (χ3v) is 3.52. The zero-order valence-corrected chi connectivity index (χ0v) is 15.0. The van der Waals surface area contributed by atoms with Gasteiger partial charge in [0.2, 0.25) is 0 Å². The van der Waals surface area contributed by atoms with E-state index in [2.05, 4.69) is 21.2 Å². The number of hydrogen-bond acceptors (Lipinski definition) is 5. The molecule has 23 heavy (non-hydrogen) atoms. The molecule has 0 heterocycles. The molecule has 0 aromatic heterocycles. The lowest BCUT2D eigenvalue weighted by Crippen LogP contribution is -2.20. The Labute approximate surface area is 145 Å². The van der Waals surface area contributed by atoms with E-state index in [1.54, 1.807) is 0 Å². The van der Waals surface area contributed by atoms with Crippen LogP contribution in [0.5, 0.6) is 0 Å². The third kappa shape index (κ3) is 6.85. The second kappa shape index (κ2) is 10.8. The quantitative estimate of drug-likeness (QED) is 0.308. The van der Waals surface area contributed by atoms with Crippen molar-refractivity contribution in [2.24, 2.45) is 0 Å². The second-order valence-corrected chi connectivity index (χ2v) is 5.55. The number of halogens is 1. The van der Waals surface area contributed by atoms with Crippen molar-refractivity contribution in [1.82, 2.24) is 5.32 Å². The Hall–Kier alpha value is -1.84. The summed E-state index contributed by atoms with van der Waals surface area (Å²) in [6.07, 6.45) is 0.539. The van der Waals surface area contributed by atoms with Crippen LogP contribution < -0.4 is 5.32 Å². The van der Waals surface area contributed by atoms with E-state index in [0.29, 0.717) is 31.9 Å². The third-order valence-electron chi connectivity index (χ3n) is 3.03. The standard InChI is InChI=1S/C17H21BrN2O3/c1-3-16(20-12-13-6-5-7-14(18)10-13)15(11-19)17(21)23-9-8-22-4-2/h5-7,10,20H,3-4,8-9,12H2,1-2H3/b16-15-. The van der Waals surface area contributed by atoms with Crippen LogP contribution in [0.3, 0.4) is 0 Å². The molecular formula is C17H21BrN2O3. The Morgan fingerprint density at radius 2 is 2.13 bits per heavy atom. The highest BCUT2D eigenvalue weighted by atomic mass is 79.9. The molecule has 0 fully saturated rings. The van der Waals surface area contributed by atoms with Crippen molar-refractivity contribution in [2.75, 3.05) is 19.8 Å². The van der Waals surface area contributed by atoms with E-state index in [0.717, 1.165) is 10.0 Å². The van der Waals surface area contributed by atoms with Crippen LogP contribution in [0.1, 0.15) is 25.8 Å². The molecule has 0 amide bonds.